The number of benzene rings is 1. The van der Waals surface area contributed by atoms with Crippen LogP contribution in [0.3, 0.4) is 0 Å². The Morgan fingerprint density at radius 1 is 1.32 bits per heavy atom. The molecule has 0 unspecified atom stereocenters. The number of hydrogen-bond acceptors (Lipinski definition) is 5. The Morgan fingerprint density at radius 3 is 2.84 bits per heavy atom. The van der Waals surface area contributed by atoms with E-state index < -0.39 is 0 Å². The minimum absolute atomic E-state index is 0.212. The molecule has 0 amide bonds. The van der Waals surface area contributed by atoms with Gasteiger partial charge in [0.1, 0.15) is 11.3 Å². The fraction of sp³-hybridized carbons (Fsp3) is 0.154. The van der Waals surface area contributed by atoms with Gasteiger partial charge in [-0.15, -0.1) is 0 Å². The molecule has 1 N–H and O–H groups in total. The molecular formula is C13H11N3O3. The van der Waals surface area contributed by atoms with Gasteiger partial charge in [-0.25, -0.2) is 0 Å². The fourth-order valence-corrected chi connectivity index (χ4v) is 1.88. The first-order chi connectivity index (χ1) is 9.17. The lowest BCUT2D eigenvalue weighted by atomic mass is 10.1. The van der Waals surface area contributed by atoms with Crippen LogP contribution in [0.2, 0.25) is 0 Å². The number of hydrogen-bond donors (Lipinski definition) is 1. The zero-order chi connectivity index (χ0) is 13.4. The second kappa shape index (κ2) is 4.24. The Hall–Kier alpha value is -2.63. The van der Waals surface area contributed by atoms with Crippen molar-refractivity contribution in [1.82, 2.24) is 15.1 Å². The Bertz CT molecular complexity index is 804. The molecular weight excluding hydrogens is 246 g/mol. The first-order valence-electron chi connectivity index (χ1n) is 5.69. The minimum Gasteiger partial charge on any atom is -0.497 e. The van der Waals surface area contributed by atoms with Gasteiger partial charge in [-0.2, -0.15) is 4.98 Å². The topological polar surface area (TPSA) is 81.0 Å². The zero-order valence-electron chi connectivity index (χ0n) is 10.4. The molecule has 3 aromatic rings. The van der Waals surface area contributed by atoms with E-state index in [9.17, 15) is 4.79 Å². The van der Waals surface area contributed by atoms with Gasteiger partial charge >= 0.3 is 0 Å². The van der Waals surface area contributed by atoms with E-state index in [0.717, 1.165) is 10.9 Å². The van der Waals surface area contributed by atoms with Crippen LogP contribution in [0.25, 0.3) is 22.4 Å². The predicted molar refractivity (Wildman–Crippen MR) is 69.1 cm³/mol. The monoisotopic (exact) mass is 257 g/mol. The lowest BCUT2D eigenvalue weighted by molar-refractivity contribution is 0.415. The summed E-state index contributed by atoms with van der Waals surface area (Å²) in [5.74, 6) is 1.41. The lowest BCUT2D eigenvalue weighted by Gasteiger charge is -2.03. The number of aromatic amines is 1. The van der Waals surface area contributed by atoms with Crippen LogP contribution in [0.4, 0.5) is 0 Å². The first-order valence-corrected chi connectivity index (χ1v) is 5.69. The van der Waals surface area contributed by atoms with Crippen molar-refractivity contribution in [1.29, 1.82) is 0 Å². The highest BCUT2D eigenvalue weighted by atomic mass is 16.5. The molecule has 0 spiro atoms. The van der Waals surface area contributed by atoms with Gasteiger partial charge in [-0.1, -0.05) is 5.16 Å². The van der Waals surface area contributed by atoms with Gasteiger partial charge in [-0.05, 0) is 31.2 Å². The molecule has 0 fully saturated rings. The molecule has 0 aliphatic heterocycles. The molecule has 0 saturated heterocycles. The highest BCUT2D eigenvalue weighted by Crippen LogP contribution is 2.22. The molecule has 3 rings (SSSR count). The number of ether oxygens (including phenoxy) is 1. The van der Waals surface area contributed by atoms with Gasteiger partial charge in [0, 0.05) is 10.9 Å². The molecule has 2 aromatic heterocycles. The molecule has 19 heavy (non-hydrogen) atoms. The predicted octanol–water partition coefficient (Wildman–Crippen LogP) is 1.90. The van der Waals surface area contributed by atoms with Crippen molar-refractivity contribution in [2.75, 3.05) is 7.11 Å². The lowest BCUT2D eigenvalue weighted by Crippen LogP contribution is -2.08. The number of methoxy groups -OCH3 is 1. The average molecular weight is 257 g/mol. The Labute approximate surface area is 108 Å². The molecule has 6 heteroatoms. The van der Waals surface area contributed by atoms with Crippen LogP contribution in [0, 0.1) is 6.92 Å². The summed E-state index contributed by atoms with van der Waals surface area (Å²) < 4.78 is 10.2. The van der Waals surface area contributed by atoms with E-state index >= 15 is 0 Å². The van der Waals surface area contributed by atoms with Gasteiger partial charge in [0.15, 0.2) is 5.82 Å². The smallest absolute Gasteiger partial charge is 0.263 e. The summed E-state index contributed by atoms with van der Waals surface area (Å²) in [7, 11) is 1.59. The molecule has 0 aliphatic carbocycles. The molecule has 2 heterocycles. The first kappa shape index (κ1) is 11.5. The van der Waals surface area contributed by atoms with Gasteiger partial charge in [-0.3, -0.25) is 4.79 Å². The van der Waals surface area contributed by atoms with E-state index in [4.69, 9.17) is 9.26 Å². The molecule has 0 aliphatic rings. The SMILES string of the molecule is COc1ccc2[nH]c(=O)c(-c3nc(C)no3)cc2c1. The number of aromatic nitrogens is 3. The maximum Gasteiger partial charge on any atom is 0.263 e. The second-order valence-electron chi connectivity index (χ2n) is 4.11. The summed E-state index contributed by atoms with van der Waals surface area (Å²) in [6.07, 6.45) is 0. The van der Waals surface area contributed by atoms with Gasteiger partial charge in [0.25, 0.3) is 11.4 Å². The van der Waals surface area contributed by atoms with Gasteiger partial charge in [0.05, 0.1) is 7.11 Å². The number of nitrogens with one attached hydrogen (secondary N) is 1. The molecule has 6 nitrogen and oxygen atoms in total. The van der Waals surface area contributed by atoms with Crippen LogP contribution in [0.1, 0.15) is 5.82 Å². The van der Waals surface area contributed by atoms with Crippen LogP contribution in [0.5, 0.6) is 5.75 Å². The van der Waals surface area contributed by atoms with Gasteiger partial charge in [0.2, 0.25) is 0 Å². The van der Waals surface area contributed by atoms with Crippen LogP contribution >= 0.6 is 0 Å². The average Bonchev–Trinajstić information content (AvgIpc) is 2.84. The van der Waals surface area contributed by atoms with Crippen molar-refractivity contribution in [3.63, 3.8) is 0 Å². The van der Waals surface area contributed by atoms with Crippen molar-refractivity contribution in [3.05, 3.63) is 40.4 Å². The Kier molecular flexibility index (Phi) is 2.56. The summed E-state index contributed by atoms with van der Waals surface area (Å²) >= 11 is 0. The minimum atomic E-state index is -0.263. The Balaban J connectivity index is 2.25. The highest BCUT2D eigenvalue weighted by molar-refractivity contribution is 5.83. The molecule has 0 saturated carbocycles. The number of aryl methyl sites for hydroxylation is 1. The number of H-pyrrole nitrogens is 1. The fourth-order valence-electron chi connectivity index (χ4n) is 1.88. The van der Waals surface area contributed by atoms with E-state index in [1.54, 1.807) is 32.2 Å². The summed E-state index contributed by atoms with van der Waals surface area (Å²) in [5.41, 5.74) is 0.813. The van der Waals surface area contributed by atoms with Crippen LogP contribution in [-0.2, 0) is 0 Å². The van der Waals surface area contributed by atoms with E-state index in [1.165, 1.54) is 0 Å². The number of nitrogens with zero attached hydrogens (tertiary/aromatic N) is 2. The largest absolute Gasteiger partial charge is 0.497 e. The van der Waals surface area contributed by atoms with Crippen molar-refractivity contribution in [2.45, 2.75) is 6.92 Å². The third-order valence-corrected chi connectivity index (χ3v) is 2.81. The molecule has 1 aromatic carbocycles. The normalized spacial score (nSPS) is 10.8. The standard InChI is InChI=1S/C13H11N3O3/c1-7-14-13(19-16-7)10-6-8-5-9(18-2)3-4-11(8)15-12(10)17/h3-6H,1-2H3,(H,15,17). The molecule has 0 bridgehead atoms. The van der Waals surface area contributed by atoms with Crippen LogP contribution in [-0.4, -0.2) is 22.2 Å². The zero-order valence-corrected chi connectivity index (χ0v) is 10.4. The summed E-state index contributed by atoms with van der Waals surface area (Å²) in [5, 5.41) is 4.52. The number of pyridine rings is 1. The summed E-state index contributed by atoms with van der Waals surface area (Å²) in [6.45, 7) is 1.70. The third-order valence-electron chi connectivity index (χ3n) is 2.81. The third kappa shape index (κ3) is 1.97. The van der Waals surface area contributed by atoms with E-state index in [1.807, 2.05) is 6.07 Å². The van der Waals surface area contributed by atoms with Gasteiger partial charge < -0.3 is 14.2 Å². The van der Waals surface area contributed by atoms with Crippen LogP contribution < -0.4 is 10.3 Å². The summed E-state index contributed by atoms with van der Waals surface area (Å²) in [6, 6.07) is 7.12. The van der Waals surface area contributed by atoms with Crippen LogP contribution in [0.15, 0.2) is 33.6 Å². The maximum absolute atomic E-state index is 12.0. The molecule has 0 atom stereocenters. The second-order valence-corrected chi connectivity index (χ2v) is 4.11. The highest BCUT2D eigenvalue weighted by Gasteiger charge is 2.12. The van der Waals surface area contributed by atoms with E-state index in [0.29, 0.717) is 17.1 Å². The molecule has 96 valence electrons. The molecule has 0 radical (unpaired) electrons. The number of fused-ring (bicyclic) bond motifs is 1. The van der Waals surface area contributed by atoms with E-state index in [2.05, 4.69) is 15.1 Å². The van der Waals surface area contributed by atoms with Crippen molar-refractivity contribution in [3.8, 4) is 17.2 Å². The Morgan fingerprint density at radius 2 is 2.16 bits per heavy atom. The van der Waals surface area contributed by atoms with Crippen molar-refractivity contribution < 1.29 is 9.26 Å². The van der Waals surface area contributed by atoms with Crippen molar-refractivity contribution >= 4 is 10.9 Å². The maximum atomic E-state index is 12.0. The van der Waals surface area contributed by atoms with Crippen molar-refractivity contribution in [2.24, 2.45) is 0 Å². The quantitative estimate of drug-likeness (QED) is 0.758. The van der Waals surface area contributed by atoms with E-state index in [-0.39, 0.29) is 11.4 Å². The number of rotatable bonds is 2. The summed E-state index contributed by atoms with van der Waals surface area (Å²) in [4.78, 5) is 18.8.